The second-order valence-electron chi connectivity index (χ2n) is 10.7. The first-order valence-electron chi connectivity index (χ1n) is 12.9. The molecule has 3 aliphatic rings. The van der Waals surface area contributed by atoms with Crippen molar-refractivity contribution >= 4 is 28.6 Å². The van der Waals surface area contributed by atoms with Crippen molar-refractivity contribution < 1.29 is 23.8 Å². The molecule has 11 heteroatoms. The van der Waals surface area contributed by atoms with Crippen molar-refractivity contribution in [2.45, 2.75) is 51.5 Å². The number of nitrogen functional groups attached to an aromatic ring is 1. The number of nitrogens with two attached hydrogens (primary N) is 1. The van der Waals surface area contributed by atoms with Crippen LogP contribution in [-0.4, -0.2) is 31.5 Å². The molecule has 0 spiro atoms. The molecular formula is C29H24FN5O5. The van der Waals surface area contributed by atoms with Crippen LogP contribution in [0.1, 0.15) is 63.3 Å². The largest absolute Gasteiger partial charge is 0.458 e. The average molecular weight is 542 g/mol. The number of nitrogens with zero attached hydrogens (tertiary/aromatic N) is 3. The fourth-order valence-corrected chi connectivity index (χ4v) is 6.26. The van der Waals surface area contributed by atoms with E-state index in [1.807, 2.05) is 0 Å². The Morgan fingerprint density at radius 2 is 2.02 bits per heavy atom. The lowest BCUT2D eigenvalue weighted by Gasteiger charge is -2.29. The van der Waals surface area contributed by atoms with Crippen molar-refractivity contribution in [1.29, 1.82) is 0 Å². The number of halogens is 1. The summed E-state index contributed by atoms with van der Waals surface area (Å²) in [5.41, 5.74) is 7.97. The molecule has 2 aliphatic heterocycles. The van der Waals surface area contributed by atoms with Gasteiger partial charge in [0.25, 0.3) is 11.5 Å². The van der Waals surface area contributed by atoms with Crippen LogP contribution in [0.2, 0.25) is 0 Å². The summed E-state index contributed by atoms with van der Waals surface area (Å²) in [5.74, 6) is -1.42. The van der Waals surface area contributed by atoms with Crippen molar-refractivity contribution in [3.05, 3.63) is 85.6 Å². The monoisotopic (exact) mass is 541 g/mol. The van der Waals surface area contributed by atoms with Gasteiger partial charge in [-0.2, -0.15) is 0 Å². The molecule has 40 heavy (non-hydrogen) atoms. The number of aryl methyl sites for hydroxylation is 1. The van der Waals surface area contributed by atoms with E-state index in [0.717, 1.165) is 22.1 Å². The van der Waals surface area contributed by atoms with Crippen LogP contribution in [0.3, 0.4) is 0 Å². The Bertz CT molecular complexity index is 1900. The highest BCUT2D eigenvalue weighted by molar-refractivity contribution is 5.96. The molecule has 2 atom stereocenters. The molecule has 0 saturated carbocycles. The highest BCUT2D eigenvalue weighted by atomic mass is 19.1. The summed E-state index contributed by atoms with van der Waals surface area (Å²) in [6, 6.07) is 7.30. The molecular weight excluding hydrogens is 517 g/mol. The number of rotatable bonds is 2. The number of carbonyl (C=O) groups is 2. The van der Waals surface area contributed by atoms with Gasteiger partial charge >= 0.3 is 5.97 Å². The molecule has 4 N–H and O–H groups in total. The number of benzene rings is 1. The molecule has 1 aliphatic carbocycles. The SMILES string of the molecule is Cc1c(F)cc2nc3c(c4c2c1CC[C@H]4NC(=O)c1cccc(N)n1)Cn1c-3cc2c(c1=O)COC(=O)[C@]2(C)O. The molecule has 0 bridgehead atoms. The molecule has 1 amide bonds. The number of ether oxygens (including phenoxy) is 1. The second-order valence-corrected chi connectivity index (χ2v) is 10.7. The molecule has 7 rings (SSSR count). The lowest BCUT2D eigenvalue weighted by atomic mass is 9.81. The number of hydrogen-bond acceptors (Lipinski definition) is 8. The molecule has 5 heterocycles. The van der Waals surface area contributed by atoms with Crippen molar-refractivity contribution in [3.63, 3.8) is 0 Å². The molecule has 0 saturated heterocycles. The number of carbonyl (C=O) groups excluding carboxylic acids is 2. The van der Waals surface area contributed by atoms with E-state index in [0.29, 0.717) is 35.3 Å². The van der Waals surface area contributed by atoms with Crippen LogP contribution in [0.25, 0.3) is 22.3 Å². The van der Waals surface area contributed by atoms with Crippen LogP contribution in [0.15, 0.2) is 35.1 Å². The Labute approximate surface area is 226 Å². The summed E-state index contributed by atoms with van der Waals surface area (Å²) in [6.07, 6.45) is 1.02. The molecule has 0 unspecified atom stereocenters. The number of pyridine rings is 3. The Hall–Kier alpha value is -4.64. The van der Waals surface area contributed by atoms with E-state index in [1.54, 1.807) is 31.2 Å². The lowest BCUT2D eigenvalue weighted by molar-refractivity contribution is -0.169. The van der Waals surface area contributed by atoms with Crippen molar-refractivity contribution in [1.82, 2.24) is 19.9 Å². The summed E-state index contributed by atoms with van der Waals surface area (Å²) in [6.45, 7) is 2.92. The smallest absolute Gasteiger partial charge is 0.342 e. The Balaban J connectivity index is 1.46. The van der Waals surface area contributed by atoms with Crippen molar-refractivity contribution in [2.75, 3.05) is 5.73 Å². The van der Waals surface area contributed by atoms with Gasteiger partial charge in [0.05, 0.1) is 35.1 Å². The minimum atomic E-state index is -2.01. The lowest BCUT2D eigenvalue weighted by Crippen LogP contribution is -2.42. The maximum Gasteiger partial charge on any atom is 0.342 e. The topological polar surface area (TPSA) is 149 Å². The Morgan fingerprint density at radius 3 is 2.80 bits per heavy atom. The van der Waals surface area contributed by atoms with Gasteiger partial charge in [0.15, 0.2) is 5.60 Å². The van der Waals surface area contributed by atoms with Crippen LogP contribution < -0.4 is 16.6 Å². The van der Waals surface area contributed by atoms with Gasteiger partial charge in [-0.05, 0) is 61.6 Å². The van der Waals surface area contributed by atoms with Crippen LogP contribution in [-0.2, 0) is 34.7 Å². The number of esters is 1. The van der Waals surface area contributed by atoms with Gasteiger partial charge in [-0.25, -0.2) is 19.2 Å². The summed E-state index contributed by atoms with van der Waals surface area (Å²) in [5, 5.41) is 14.7. The van der Waals surface area contributed by atoms with Crippen molar-refractivity contribution in [2.24, 2.45) is 0 Å². The predicted octanol–water partition coefficient (Wildman–Crippen LogP) is 2.53. The third-order valence-corrected chi connectivity index (χ3v) is 8.31. The van der Waals surface area contributed by atoms with E-state index in [9.17, 15) is 19.5 Å². The fourth-order valence-electron chi connectivity index (χ4n) is 6.26. The number of cyclic esters (lactones) is 1. The maximum atomic E-state index is 15.0. The van der Waals surface area contributed by atoms with E-state index in [4.69, 9.17) is 15.5 Å². The summed E-state index contributed by atoms with van der Waals surface area (Å²) in [4.78, 5) is 48.1. The predicted molar refractivity (Wildman–Crippen MR) is 142 cm³/mol. The van der Waals surface area contributed by atoms with E-state index < -0.39 is 29.1 Å². The van der Waals surface area contributed by atoms with Gasteiger partial charge in [-0.3, -0.25) is 9.59 Å². The molecule has 0 radical (unpaired) electrons. The van der Waals surface area contributed by atoms with Gasteiger partial charge in [0.2, 0.25) is 0 Å². The van der Waals surface area contributed by atoms with Crippen LogP contribution in [0.5, 0.6) is 0 Å². The number of fused-ring (bicyclic) bond motifs is 5. The summed E-state index contributed by atoms with van der Waals surface area (Å²) >= 11 is 0. The Kier molecular flexibility index (Phi) is 4.99. The summed E-state index contributed by atoms with van der Waals surface area (Å²) in [7, 11) is 0. The quantitative estimate of drug-likeness (QED) is 0.289. The molecule has 0 fully saturated rings. The van der Waals surface area contributed by atoms with Gasteiger partial charge in [0, 0.05) is 22.6 Å². The number of amides is 1. The average Bonchev–Trinajstić information content (AvgIpc) is 3.29. The maximum absolute atomic E-state index is 15.0. The molecule has 202 valence electrons. The van der Waals surface area contributed by atoms with Gasteiger partial charge in [-0.15, -0.1) is 0 Å². The Morgan fingerprint density at radius 1 is 1.23 bits per heavy atom. The number of nitrogens with one attached hydrogen (secondary N) is 1. The third kappa shape index (κ3) is 3.27. The first-order chi connectivity index (χ1) is 19.1. The standard InChI is InChI=1S/C29H24FN5O5/c1-12-13-6-7-18(34-26(36)19-4-3-5-22(31)32-19)24-14-10-35-21(25(14)33-20(23(13)24)9-17(12)30)8-16-15(27(35)37)11-40-28(38)29(16,2)39/h3-5,8-9,18,39H,6-7,10-11H2,1-2H3,(H2,31,32)(H,34,36)/t18-,29-/m1/s1. The van der Waals surface area contributed by atoms with Gasteiger partial charge in [0.1, 0.15) is 23.9 Å². The van der Waals surface area contributed by atoms with E-state index in [2.05, 4.69) is 10.3 Å². The summed E-state index contributed by atoms with van der Waals surface area (Å²) < 4.78 is 21.6. The van der Waals surface area contributed by atoms with Crippen molar-refractivity contribution in [3.8, 4) is 11.4 Å². The first-order valence-corrected chi connectivity index (χ1v) is 12.9. The molecule has 1 aromatic carbocycles. The van der Waals surface area contributed by atoms with E-state index in [1.165, 1.54) is 17.6 Å². The molecule has 10 nitrogen and oxygen atoms in total. The zero-order valence-electron chi connectivity index (χ0n) is 21.7. The first kappa shape index (κ1) is 24.4. The zero-order chi connectivity index (χ0) is 28.1. The number of aliphatic hydroxyl groups is 1. The normalized spacial score (nSPS) is 20.5. The zero-order valence-corrected chi connectivity index (χ0v) is 21.7. The fraction of sp³-hybridized carbons (Fsp3) is 0.276. The molecule has 3 aromatic heterocycles. The van der Waals surface area contributed by atoms with Crippen LogP contribution >= 0.6 is 0 Å². The highest BCUT2D eigenvalue weighted by Crippen LogP contribution is 2.45. The number of hydrogen-bond donors (Lipinski definition) is 3. The minimum absolute atomic E-state index is 0.157. The number of anilines is 1. The third-order valence-electron chi connectivity index (χ3n) is 8.31. The van der Waals surface area contributed by atoms with Crippen LogP contribution in [0.4, 0.5) is 10.2 Å². The number of aromatic nitrogens is 3. The van der Waals surface area contributed by atoms with Crippen LogP contribution in [0, 0.1) is 12.7 Å². The molecule has 4 aromatic rings. The minimum Gasteiger partial charge on any atom is -0.458 e. The van der Waals surface area contributed by atoms with E-state index >= 15 is 4.39 Å². The van der Waals surface area contributed by atoms with Gasteiger partial charge in [-0.1, -0.05) is 6.07 Å². The van der Waals surface area contributed by atoms with E-state index in [-0.39, 0.29) is 41.6 Å². The second kappa shape index (κ2) is 8.18. The highest BCUT2D eigenvalue weighted by Gasteiger charge is 2.43. The van der Waals surface area contributed by atoms with Gasteiger partial charge < -0.3 is 25.5 Å².